The molecule has 0 aliphatic carbocycles. The molecule has 1 aromatic carbocycles. The van der Waals surface area contributed by atoms with Gasteiger partial charge in [-0.15, -0.1) is 0 Å². The van der Waals surface area contributed by atoms with E-state index >= 15 is 0 Å². The van der Waals surface area contributed by atoms with Gasteiger partial charge in [-0.25, -0.2) is 9.37 Å². The lowest BCUT2D eigenvalue weighted by Gasteiger charge is -2.19. The summed E-state index contributed by atoms with van der Waals surface area (Å²) in [5, 5.41) is 12.5. The Balaban J connectivity index is 2.20. The molecule has 2 rings (SSSR count). The van der Waals surface area contributed by atoms with Gasteiger partial charge in [0.25, 0.3) is 0 Å². The molecule has 1 aromatic heterocycles. The van der Waals surface area contributed by atoms with E-state index in [-0.39, 0.29) is 18.5 Å². The van der Waals surface area contributed by atoms with Gasteiger partial charge in [0.05, 0.1) is 36.6 Å². The number of rotatable bonds is 6. The molecule has 0 saturated carbocycles. The van der Waals surface area contributed by atoms with Crippen molar-refractivity contribution in [3.63, 3.8) is 0 Å². The fourth-order valence-corrected chi connectivity index (χ4v) is 2.03. The summed E-state index contributed by atoms with van der Waals surface area (Å²) in [6.07, 6.45) is 4.40. The minimum absolute atomic E-state index is 0.121. The largest absolute Gasteiger partial charge is 0.394 e. The molecule has 0 saturated heterocycles. The zero-order valence-electron chi connectivity index (χ0n) is 10.9. The van der Waals surface area contributed by atoms with Gasteiger partial charge in [-0.3, -0.25) is 0 Å². The molecule has 4 nitrogen and oxygen atoms in total. The highest BCUT2D eigenvalue weighted by atomic mass is 19.1. The number of aryl methyl sites for hydroxylation is 1. The Hall–Kier alpha value is -1.88. The second-order valence-electron chi connectivity index (χ2n) is 4.37. The Bertz CT molecular complexity index is 527. The van der Waals surface area contributed by atoms with Gasteiger partial charge >= 0.3 is 0 Å². The van der Waals surface area contributed by atoms with Crippen molar-refractivity contribution in [1.82, 2.24) is 9.55 Å². The molecular weight excluding hydrogens is 245 g/mol. The monoisotopic (exact) mass is 263 g/mol. The number of hydrogen-bond donors (Lipinski definition) is 2. The van der Waals surface area contributed by atoms with Gasteiger partial charge in [-0.1, -0.05) is 19.1 Å². The molecular formula is C14H18FN3O. The van der Waals surface area contributed by atoms with E-state index < -0.39 is 0 Å². The molecule has 0 aliphatic rings. The summed E-state index contributed by atoms with van der Waals surface area (Å²) >= 11 is 0. The van der Waals surface area contributed by atoms with Crippen LogP contribution in [0.2, 0.25) is 0 Å². The van der Waals surface area contributed by atoms with Crippen molar-refractivity contribution < 1.29 is 9.50 Å². The number of halogens is 1. The summed E-state index contributed by atoms with van der Waals surface area (Å²) in [4.78, 5) is 4.09. The van der Waals surface area contributed by atoms with Crippen LogP contribution < -0.4 is 5.32 Å². The molecule has 0 amide bonds. The van der Waals surface area contributed by atoms with Gasteiger partial charge in [0, 0.05) is 6.54 Å². The van der Waals surface area contributed by atoms with Crippen LogP contribution in [-0.4, -0.2) is 21.3 Å². The third kappa shape index (κ3) is 3.12. The third-order valence-corrected chi connectivity index (χ3v) is 2.95. The lowest BCUT2D eigenvalue weighted by molar-refractivity contribution is 0.271. The number of aliphatic hydroxyl groups excluding tert-OH is 1. The van der Waals surface area contributed by atoms with Gasteiger partial charge in [-0.05, 0) is 18.6 Å². The molecule has 102 valence electrons. The van der Waals surface area contributed by atoms with Crippen LogP contribution in [0.15, 0.2) is 36.8 Å². The van der Waals surface area contributed by atoms with E-state index in [0.29, 0.717) is 5.69 Å². The molecule has 1 heterocycles. The van der Waals surface area contributed by atoms with E-state index in [1.807, 2.05) is 4.57 Å². The second-order valence-corrected chi connectivity index (χ2v) is 4.37. The van der Waals surface area contributed by atoms with Gasteiger partial charge in [0.1, 0.15) is 5.82 Å². The first-order valence-corrected chi connectivity index (χ1v) is 6.38. The van der Waals surface area contributed by atoms with Crippen molar-refractivity contribution in [1.29, 1.82) is 0 Å². The van der Waals surface area contributed by atoms with E-state index in [4.69, 9.17) is 0 Å². The fourth-order valence-electron chi connectivity index (χ4n) is 2.03. The van der Waals surface area contributed by atoms with Gasteiger partial charge in [0.15, 0.2) is 0 Å². The molecule has 0 bridgehead atoms. The lowest BCUT2D eigenvalue weighted by Crippen LogP contribution is -2.19. The summed E-state index contributed by atoms with van der Waals surface area (Å²) in [7, 11) is 0. The topological polar surface area (TPSA) is 50.1 Å². The number of benzene rings is 1. The van der Waals surface area contributed by atoms with E-state index in [0.717, 1.165) is 18.7 Å². The zero-order chi connectivity index (χ0) is 13.7. The fraction of sp³-hybridized carbons (Fsp3) is 0.357. The molecule has 0 spiro atoms. The van der Waals surface area contributed by atoms with Gasteiger partial charge < -0.3 is 15.0 Å². The maximum Gasteiger partial charge on any atom is 0.146 e. The summed E-state index contributed by atoms with van der Waals surface area (Å²) < 4.78 is 15.6. The predicted octanol–water partition coefficient (Wildman–Crippen LogP) is 2.58. The smallest absolute Gasteiger partial charge is 0.146 e. The molecule has 0 radical (unpaired) electrons. The predicted molar refractivity (Wildman–Crippen MR) is 72.4 cm³/mol. The van der Waals surface area contributed by atoms with Crippen molar-refractivity contribution in [2.45, 2.75) is 25.9 Å². The Morgan fingerprint density at radius 3 is 2.89 bits per heavy atom. The summed E-state index contributed by atoms with van der Waals surface area (Å²) in [5.74, 6) is -0.331. The standard InChI is InChI=1S/C14H18FN3O/c1-2-7-18-10-16-8-14(18)13(9-19)17-12-6-4-3-5-11(12)15/h3-6,8,10,13,17,19H,2,7,9H2,1H3. The van der Waals surface area contributed by atoms with Crippen molar-refractivity contribution >= 4 is 5.69 Å². The summed E-state index contributed by atoms with van der Waals surface area (Å²) in [6.45, 7) is 2.77. The second kappa shape index (κ2) is 6.33. The van der Waals surface area contributed by atoms with Crippen molar-refractivity contribution in [2.75, 3.05) is 11.9 Å². The van der Waals surface area contributed by atoms with Crippen molar-refractivity contribution in [3.8, 4) is 0 Å². The summed E-state index contributed by atoms with van der Waals surface area (Å²) in [6, 6.07) is 6.06. The number of nitrogens with one attached hydrogen (secondary N) is 1. The van der Waals surface area contributed by atoms with Crippen LogP contribution in [0, 0.1) is 5.82 Å². The van der Waals surface area contributed by atoms with Crippen LogP contribution in [0.5, 0.6) is 0 Å². The van der Waals surface area contributed by atoms with Gasteiger partial charge in [0.2, 0.25) is 0 Å². The normalized spacial score (nSPS) is 12.4. The quantitative estimate of drug-likeness (QED) is 0.842. The first-order valence-electron chi connectivity index (χ1n) is 6.38. The average Bonchev–Trinajstić information content (AvgIpc) is 2.86. The van der Waals surface area contributed by atoms with E-state index in [1.165, 1.54) is 6.07 Å². The Morgan fingerprint density at radius 2 is 2.21 bits per heavy atom. The van der Waals surface area contributed by atoms with Crippen molar-refractivity contribution in [3.05, 3.63) is 48.3 Å². The summed E-state index contributed by atoms with van der Waals surface area (Å²) in [5.41, 5.74) is 1.23. The molecule has 5 heteroatoms. The Kier molecular flexibility index (Phi) is 4.52. The maximum atomic E-state index is 13.6. The van der Waals surface area contributed by atoms with Crippen LogP contribution in [-0.2, 0) is 6.54 Å². The van der Waals surface area contributed by atoms with Crippen LogP contribution in [0.4, 0.5) is 10.1 Å². The zero-order valence-corrected chi connectivity index (χ0v) is 10.9. The molecule has 1 unspecified atom stereocenters. The molecule has 1 atom stereocenters. The first kappa shape index (κ1) is 13.5. The first-order chi connectivity index (χ1) is 9.26. The minimum atomic E-state index is -0.369. The van der Waals surface area contributed by atoms with Crippen molar-refractivity contribution in [2.24, 2.45) is 0 Å². The third-order valence-electron chi connectivity index (χ3n) is 2.95. The molecule has 19 heavy (non-hydrogen) atoms. The number of hydrogen-bond acceptors (Lipinski definition) is 3. The minimum Gasteiger partial charge on any atom is -0.394 e. The SMILES string of the molecule is CCCn1cncc1C(CO)Nc1ccccc1F. The van der Waals surface area contributed by atoms with Crippen LogP contribution in [0.25, 0.3) is 0 Å². The van der Waals surface area contributed by atoms with E-state index in [1.54, 1.807) is 30.7 Å². The molecule has 2 N–H and O–H groups in total. The van der Waals surface area contributed by atoms with E-state index in [2.05, 4.69) is 17.2 Å². The molecule has 0 fully saturated rings. The van der Waals surface area contributed by atoms with Gasteiger partial charge in [-0.2, -0.15) is 0 Å². The number of para-hydroxylation sites is 1. The van der Waals surface area contributed by atoms with E-state index in [9.17, 15) is 9.50 Å². The highest BCUT2D eigenvalue weighted by Gasteiger charge is 2.16. The van der Waals surface area contributed by atoms with Crippen LogP contribution in [0.1, 0.15) is 25.1 Å². The Morgan fingerprint density at radius 1 is 1.42 bits per heavy atom. The number of aliphatic hydroxyl groups is 1. The maximum absolute atomic E-state index is 13.6. The van der Waals surface area contributed by atoms with Crippen LogP contribution in [0.3, 0.4) is 0 Å². The number of anilines is 1. The number of aromatic nitrogens is 2. The average molecular weight is 263 g/mol. The molecule has 2 aromatic rings. The number of imidazole rings is 1. The number of nitrogens with zero attached hydrogens (tertiary/aromatic N) is 2. The lowest BCUT2D eigenvalue weighted by atomic mass is 10.2. The highest BCUT2D eigenvalue weighted by molar-refractivity contribution is 5.46. The molecule has 0 aliphatic heterocycles. The van der Waals surface area contributed by atoms with Crippen LogP contribution >= 0.6 is 0 Å². The Labute approximate surface area is 111 Å². The highest BCUT2D eigenvalue weighted by Crippen LogP contribution is 2.21.